The topological polar surface area (TPSA) is 71.2 Å². The van der Waals surface area contributed by atoms with E-state index in [1.54, 1.807) is 27.7 Å². The molecule has 5 nitrogen and oxygen atoms in total. The maximum Gasteiger partial charge on any atom is 0.340 e. The van der Waals surface area contributed by atoms with E-state index in [0.717, 1.165) is 17.7 Å². The van der Waals surface area contributed by atoms with Gasteiger partial charge in [0.2, 0.25) is 0 Å². The summed E-state index contributed by atoms with van der Waals surface area (Å²) in [5.74, 6) is -0.677. The number of rotatable bonds is 5. The standard InChI is InChI=1S/C19H24N2O3/c1-6-14-9-7-8-10-15(14)21-18(22)17-12(4)16(13(5)20-17)19(23)24-11(2)3/h7-11,20H,6H2,1-5H3,(H,21,22). The molecule has 0 spiro atoms. The molecule has 0 aliphatic heterocycles. The summed E-state index contributed by atoms with van der Waals surface area (Å²) >= 11 is 0. The first-order valence-electron chi connectivity index (χ1n) is 8.14. The molecule has 0 saturated carbocycles. The van der Waals surface area contributed by atoms with E-state index < -0.39 is 5.97 Å². The largest absolute Gasteiger partial charge is 0.459 e. The van der Waals surface area contributed by atoms with E-state index in [9.17, 15) is 9.59 Å². The van der Waals surface area contributed by atoms with Crippen molar-refractivity contribution in [1.82, 2.24) is 4.98 Å². The van der Waals surface area contributed by atoms with Gasteiger partial charge in [-0.1, -0.05) is 25.1 Å². The number of hydrogen-bond donors (Lipinski definition) is 2. The van der Waals surface area contributed by atoms with Gasteiger partial charge < -0.3 is 15.0 Å². The zero-order chi connectivity index (χ0) is 17.9. The van der Waals surface area contributed by atoms with Gasteiger partial charge in [-0.2, -0.15) is 0 Å². The van der Waals surface area contributed by atoms with Gasteiger partial charge in [0.15, 0.2) is 0 Å². The number of amides is 1. The first-order chi connectivity index (χ1) is 11.3. The van der Waals surface area contributed by atoms with Crippen LogP contribution in [0.4, 0.5) is 5.69 Å². The first-order valence-corrected chi connectivity index (χ1v) is 8.14. The van der Waals surface area contributed by atoms with Crippen LogP contribution in [0.2, 0.25) is 0 Å². The number of anilines is 1. The molecule has 0 saturated heterocycles. The molecule has 5 heteroatoms. The number of ether oxygens (including phenoxy) is 1. The van der Waals surface area contributed by atoms with Crippen molar-refractivity contribution in [3.63, 3.8) is 0 Å². The SMILES string of the molecule is CCc1ccccc1NC(=O)c1[nH]c(C)c(C(=O)OC(C)C)c1C. The number of aromatic nitrogens is 1. The monoisotopic (exact) mass is 328 g/mol. The summed E-state index contributed by atoms with van der Waals surface area (Å²) in [7, 11) is 0. The average Bonchev–Trinajstić information content (AvgIpc) is 2.82. The Morgan fingerprint density at radius 1 is 1.21 bits per heavy atom. The lowest BCUT2D eigenvalue weighted by Crippen LogP contribution is -2.16. The van der Waals surface area contributed by atoms with Gasteiger partial charge in [-0.05, 0) is 51.3 Å². The number of carbonyl (C=O) groups excluding carboxylic acids is 2. The molecular weight excluding hydrogens is 304 g/mol. The second kappa shape index (κ2) is 7.34. The highest BCUT2D eigenvalue weighted by Gasteiger charge is 2.23. The van der Waals surface area contributed by atoms with Gasteiger partial charge >= 0.3 is 5.97 Å². The smallest absolute Gasteiger partial charge is 0.340 e. The van der Waals surface area contributed by atoms with E-state index in [1.807, 2.05) is 31.2 Å². The Labute approximate surface area is 142 Å². The van der Waals surface area contributed by atoms with Crippen molar-refractivity contribution in [2.24, 2.45) is 0 Å². The fourth-order valence-electron chi connectivity index (χ4n) is 2.69. The highest BCUT2D eigenvalue weighted by molar-refractivity contribution is 6.07. The molecule has 0 fully saturated rings. The summed E-state index contributed by atoms with van der Waals surface area (Å²) in [6.07, 6.45) is 0.616. The van der Waals surface area contributed by atoms with Crippen LogP contribution in [-0.4, -0.2) is 23.0 Å². The molecule has 0 radical (unpaired) electrons. The van der Waals surface area contributed by atoms with Crippen LogP contribution < -0.4 is 5.32 Å². The van der Waals surface area contributed by atoms with Gasteiger partial charge in [0.25, 0.3) is 5.91 Å². The summed E-state index contributed by atoms with van der Waals surface area (Å²) in [4.78, 5) is 27.8. The van der Waals surface area contributed by atoms with Gasteiger partial charge in [0, 0.05) is 11.4 Å². The molecule has 2 rings (SSSR count). The molecule has 1 aromatic carbocycles. The Bertz CT molecular complexity index is 760. The Balaban J connectivity index is 2.29. The lowest BCUT2D eigenvalue weighted by Gasteiger charge is -2.10. The molecule has 0 aliphatic carbocycles. The van der Waals surface area contributed by atoms with Gasteiger partial charge in [0.05, 0.1) is 11.7 Å². The minimum Gasteiger partial charge on any atom is -0.459 e. The predicted molar refractivity (Wildman–Crippen MR) is 94.6 cm³/mol. The number of hydrogen-bond acceptors (Lipinski definition) is 3. The number of aryl methyl sites for hydroxylation is 2. The zero-order valence-corrected chi connectivity index (χ0v) is 14.8. The van der Waals surface area contributed by atoms with Crippen molar-refractivity contribution in [2.45, 2.75) is 47.1 Å². The van der Waals surface area contributed by atoms with Crippen molar-refractivity contribution in [3.8, 4) is 0 Å². The van der Waals surface area contributed by atoms with Crippen molar-refractivity contribution in [3.05, 3.63) is 52.3 Å². The molecular formula is C19H24N2O3. The van der Waals surface area contributed by atoms with E-state index in [4.69, 9.17) is 4.74 Å². The van der Waals surface area contributed by atoms with E-state index in [1.165, 1.54) is 0 Å². The van der Waals surface area contributed by atoms with E-state index >= 15 is 0 Å². The Morgan fingerprint density at radius 2 is 1.88 bits per heavy atom. The summed E-state index contributed by atoms with van der Waals surface area (Å²) < 4.78 is 5.26. The normalized spacial score (nSPS) is 10.8. The maximum atomic E-state index is 12.6. The second-order valence-electron chi connectivity index (χ2n) is 6.04. The summed E-state index contributed by atoms with van der Waals surface area (Å²) in [5, 5.41) is 2.92. The minimum absolute atomic E-state index is 0.208. The third kappa shape index (κ3) is 3.67. The quantitative estimate of drug-likeness (QED) is 0.815. The third-order valence-corrected chi connectivity index (χ3v) is 3.86. The number of nitrogens with one attached hydrogen (secondary N) is 2. The van der Waals surface area contributed by atoms with E-state index in [2.05, 4.69) is 10.3 Å². The third-order valence-electron chi connectivity index (χ3n) is 3.86. The lowest BCUT2D eigenvalue weighted by atomic mass is 10.1. The fourth-order valence-corrected chi connectivity index (χ4v) is 2.69. The van der Waals surface area contributed by atoms with Crippen LogP contribution in [0.3, 0.4) is 0 Å². The van der Waals surface area contributed by atoms with Gasteiger partial charge in [-0.3, -0.25) is 4.79 Å². The van der Waals surface area contributed by atoms with Crippen LogP contribution in [0.15, 0.2) is 24.3 Å². The Kier molecular flexibility index (Phi) is 5.44. The van der Waals surface area contributed by atoms with Crippen molar-refractivity contribution in [1.29, 1.82) is 0 Å². The molecule has 0 bridgehead atoms. The number of esters is 1. The number of carbonyl (C=O) groups is 2. The molecule has 128 valence electrons. The van der Waals surface area contributed by atoms with E-state index in [-0.39, 0.29) is 12.0 Å². The first kappa shape index (κ1) is 17.8. The Morgan fingerprint density at radius 3 is 2.50 bits per heavy atom. The van der Waals surface area contributed by atoms with Crippen LogP contribution in [0.25, 0.3) is 0 Å². The average molecular weight is 328 g/mol. The second-order valence-corrected chi connectivity index (χ2v) is 6.04. The number of benzene rings is 1. The van der Waals surface area contributed by atoms with Crippen molar-refractivity contribution >= 4 is 17.6 Å². The van der Waals surface area contributed by atoms with Crippen molar-refractivity contribution in [2.75, 3.05) is 5.32 Å². The van der Waals surface area contributed by atoms with Gasteiger partial charge in [0.1, 0.15) is 5.69 Å². The lowest BCUT2D eigenvalue weighted by molar-refractivity contribution is 0.0376. The van der Waals surface area contributed by atoms with Crippen LogP contribution in [-0.2, 0) is 11.2 Å². The van der Waals surface area contributed by atoms with Crippen LogP contribution in [0.5, 0.6) is 0 Å². The summed E-state index contributed by atoms with van der Waals surface area (Å²) in [5.41, 5.74) is 3.89. The molecule has 2 aromatic rings. The van der Waals surface area contributed by atoms with Crippen molar-refractivity contribution < 1.29 is 14.3 Å². The summed E-state index contributed by atoms with van der Waals surface area (Å²) in [6, 6.07) is 7.68. The number of aromatic amines is 1. The molecule has 1 heterocycles. The molecule has 1 amide bonds. The Hall–Kier alpha value is -2.56. The fraction of sp³-hybridized carbons (Fsp3) is 0.368. The molecule has 0 unspecified atom stereocenters. The molecule has 2 N–H and O–H groups in total. The number of H-pyrrole nitrogens is 1. The summed E-state index contributed by atoms with van der Waals surface area (Å²) in [6.45, 7) is 9.14. The predicted octanol–water partition coefficient (Wildman–Crippen LogP) is 4.01. The van der Waals surface area contributed by atoms with Crippen LogP contribution >= 0.6 is 0 Å². The van der Waals surface area contributed by atoms with Gasteiger partial charge in [-0.15, -0.1) is 0 Å². The van der Waals surface area contributed by atoms with E-state index in [0.29, 0.717) is 22.5 Å². The minimum atomic E-state index is -0.413. The number of para-hydroxylation sites is 1. The highest BCUT2D eigenvalue weighted by atomic mass is 16.5. The highest BCUT2D eigenvalue weighted by Crippen LogP contribution is 2.22. The molecule has 0 aliphatic rings. The van der Waals surface area contributed by atoms with Crippen LogP contribution in [0, 0.1) is 13.8 Å². The van der Waals surface area contributed by atoms with Crippen LogP contribution in [0.1, 0.15) is 58.4 Å². The van der Waals surface area contributed by atoms with Gasteiger partial charge in [-0.25, -0.2) is 4.79 Å². The molecule has 1 aromatic heterocycles. The molecule has 24 heavy (non-hydrogen) atoms. The zero-order valence-electron chi connectivity index (χ0n) is 14.8. The maximum absolute atomic E-state index is 12.6. The molecule has 0 atom stereocenters.